The van der Waals surface area contributed by atoms with Crippen LogP contribution in [0.15, 0.2) is 31.1 Å². The van der Waals surface area contributed by atoms with Gasteiger partial charge in [-0.1, -0.05) is 12.5 Å². The lowest BCUT2D eigenvalue weighted by Gasteiger charge is -2.45. The zero-order chi connectivity index (χ0) is 25.7. The number of nitrogens with zero attached hydrogens (tertiary/aromatic N) is 5. The smallest absolute Gasteiger partial charge is 0.245 e. The molecule has 37 heavy (non-hydrogen) atoms. The molecule has 3 aliphatic rings. The fourth-order valence-corrected chi connectivity index (χ4v) is 5.50. The summed E-state index contributed by atoms with van der Waals surface area (Å²) in [4.78, 5) is 24.8. The number of rotatable bonds is 3. The van der Waals surface area contributed by atoms with E-state index in [1.807, 2.05) is 16.5 Å². The number of benzene rings is 1. The summed E-state index contributed by atoms with van der Waals surface area (Å²) >= 11 is 0. The van der Waals surface area contributed by atoms with Crippen LogP contribution >= 0.6 is 0 Å². The first-order valence-electron chi connectivity index (χ1n) is 12.3. The molecule has 0 spiro atoms. The lowest BCUT2D eigenvalue weighted by atomic mass is 9.93. The van der Waals surface area contributed by atoms with Gasteiger partial charge in [0.15, 0.2) is 11.6 Å². The van der Waals surface area contributed by atoms with E-state index in [9.17, 15) is 9.18 Å². The summed E-state index contributed by atoms with van der Waals surface area (Å²) in [6.45, 7) is 6.82. The van der Waals surface area contributed by atoms with Crippen molar-refractivity contribution in [1.29, 1.82) is 0 Å². The zero-order valence-corrected chi connectivity index (χ0v) is 20.5. The summed E-state index contributed by atoms with van der Waals surface area (Å²) in [5, 5.41) is 0.648. The van der Waals surface area contributed by atoms with Crippen LogP contribution in [0.2, 0.25) is 0 Å². The minimum absolute atomic E-state index is 0.00523. The van der Waals surface area contributed by atoms with Gasteiger partial charge in [-0.25, -0.2) is 14.4 Å². The van der Waals surface area contributed by atoms with Crippen molar-refractivity contribution in [2.45, 2.75) is 18.9 Å². The number of hydrogen-bond acceptors (Lipinski definition) is 7. The van der Waals surface area contributed by atoms with Crippen LogP contribution in [0.1, 0.15) is 18.5 Å². The third kappa shape index (κ3) is 3.86. The van der Waals surface area contributed by atoms with Gasteiger partial charge < -0.3 is 24.7 Å². The van der Waals surface area contributed by atoms with Gasteiger partial charge in [0.25, 0.3) is 0 Å². The van der Waals surface area contributed by atoms with Gasteiger partial charge in [0, 0.05) is 56.3 Å². The Balaban J connectivity index is 1.28. The van der Waals surface area contributed by atoms with Crippen molar-refractivity contribution in [3.05, 3.63) is 42.6 Å². The van der Waals surface area contributed by atoms with E-state index >= 15 is 0 Å². The summed E-state index contributed by atoms with van der Waals surface area (Å²) in [6, 6.07) is 3.48. The molecule has 0 unspecified atom stereocenters. The van der Waals surface area contributed by atoms with E-state index in [0.717, 1.165) is 39.0 Å². The second-order valence-corrected chi connectivity index (χ2v) is 9.58. The van der Waals surface area contributed by atoms with Crippen molar-refractivity contribution in [1.82, 2.24) is 24.3 Å². The Morgan fingerprint density at radius 3 is 2.73 bits per heavy atom. The van der Waals surface area contributed by atoms with E-state index in [1.165, 1.54) is 18.5 Å². The topological polar surface area (TPSA) is 98.7 Å². The molecule has 10 heteroatoms. The van der Waals surface area contributed by atoms with Crippen LogP contribution in [0.3, 0.4) is 0 Å². The molecule has 0 saturated carbocycles. The van der Waals surface area contributed by atoms with E-state index in [0.29, 0.717) is 45.5 Å². The number of hydrogen-bond donors (Lipinski definition) is 1. The largest absolute Gasteiger partial charge is 0.453 e. The van der Waals surface area contributed by atoms with Gasteiger partial charge in [-0.05, 0) is 37.0 Å². The maximum Gasteiger partial charge on any atom is 0.245 e. The van der Waals surface area contributed by atoms with Crippen LogP contribution in [0.5, 0.6) is 11.5 Å². The molecular formula is C27H27FN6O3. The van der Waals surface area contributed by atoms with E-state index in [4.69, 9.17) is 15.2 Å². The quantitative estimate of drug-likeness (QED) is 0.434. The number of amides is 1. The number of piperidine rings is 1. The fraction of sp³-hybridized carbons (Fsp3) is 0.370. The van der Waals surface area contributed by atoms with Gasteiger partial charge >= 0.3 is 0 Å². The van der Waals surface area contributed by atoms with E-state index in [1.54, 1.807) is 6.07 Å². The number of nitrogen functional groups attached to an aromatic ring is 1. The van der Waals surface area contributed by atoms with Crippen molar-refractivity contribution >= 4 is 22.8 Å². The van der Waals surface area contributed by atoms with Crippen molar-refractivity contribution in [2.75, 3.05) is 38.7 Å². The number of anilines is 1. The molecule has 9 nitrogen and oxygen atoms in total. The minimum Gasteiger partial charge on any atom is -0.453 e. The highest BCUT2D eigenvalue weighted by molar-refractivity contribution is 6.05. The maximum absolute atomic E-state index is 14.3. The number of carbonyl (C=O) groups excluding carboxylic acids is 1. The Bertz CT molecular complexity index is 1470. The average molecular weight is 503 g/mol. The monoisotopic (exact) mass is 502 g/mol. The molecule has 0 radical (unpaired) electrons. The number of ether oxygens (including phenoxy) is 2. The Hall–Kier alpha value is -4.10. The highest BCUT2D eigenvalue weighted by Crippen LogP contribution is 2.47. The molecule has 0 atom stereocenters. The molecule has 2 fully saturated rings. The Morgan fingerprint density at radius 2 is 1.97 bits per heavy atom. The third-order valence-corrected chi connectivity index (χ3v) is 7.51. The van der Waals surface area contributed by atoms with Gasteiger partial charge in [0.2, 0.25) is 18.4 Å². The number of aromatic nitrogens is 3. The summed E-state index contributed by atoms with van der Waals surface area (Å²) < 4.78 is 27.3. The molecule has 3 aliphatic heterocycles. The molecule has 5 heterocycles. The number of nitrogens with two attached hydrogens (primary N) is 1. The maximum atomic E-state index is 14.3. The standard InChI is InChI=1S/C27H27FN6O3/c1-3-21(35)33-10-8-17(9-11-33)34-12-16(13-34)4-7-20-22(23-26(29)30-14-31-27(23)32(20)2)18-5-6-19(28)25-24(18)36-15-37-25/h3,5-6,14,16-17H,1,8-13,15H2,2H3,(H2,29,30,31). The van der Waals surface area contributed by atoms with Gasteiger partial charge in [-0.2, -0.15) is 0 Å². The van der Waals surface area contributed by atoms with Crippen molar-refractivity contribution in [2.24, 2.45) is 13.0 Å². The molecule has 3 aromatic rings. The number of carbonyl (C=O) groups is 1. The molecular weight excluding hydrogens is 475 g/mol. The lowest BCUT2D eigenvalue weighted by Crippen LogP contribution is -2.55. The molecule has 6 rings (SSSR count). The molecule has 0 bridgehead atoms. The molecule has 190 valence electrons. The summed E-state index contributed by atoms with van der Waals surface area (Å²) in [6.07, 6.45) is 4.73. The number of halogens is 1. The van der Waals surface area contributed by atoms with Crippen molar-refractivity contribution < 1.29 is 18.7 Å². The third-order valence-electron chi connectivity index (χ3n) is 7.51. The normalized spacial score (nSPS) is 17.9. The summed E-state index contributed by atoms with van der Waals surface area (Å²) in [7, 11) is 1.88. The molecule has 0 aliphatic carbocycles. The first-order chi connectivity index (χ1) is 18.0. The van der Waals surface area contributed by atoms with Gasteiger partial charge in [-0.3, -0.25) is 9.69 Å². The highest BCUT2D eigenvalue weighted by atomic mass is 19.1. The van der Waals surface area contributed by atoms with E-state index in [-0.39, 0.29) is 24.4 Å². The van der Waals surface area contributed by atoms with Crippen molar-refractivity contribution in [3.8, 4) is 34.5 Å². The highest BCUT2D eigenvalue weighted by Gasteiger charge is 2.34. The second kappa shape index (κ2) is 9.09. The number of fused-ring (bicyclic) bond motifs is 2. The first-order valence-corrected chi connectivity index (χ1v) is 12.3. The molecule has 2 aromatic heterocycles. The van der Waals surface area contributed by atoms with Gasteiger partial charge in [0.05, 0.1) is 5.39 Å². The molecule has 1 aromatic carbocycles. The number of aryl methyl sites for hydroxylation is 1. The van der Waals surface area contributed by atoms with E-state index in [2.05, 4.69) is 33.3 Å². The summed E-state index contributed by atoms with van der Waals surface area (Å²) in [5.74, 6) is 7.26. The Labute approximate surface area is 213 Å². The predicted molar refractivity (Wildman–Crippen MR) is 136 cm³/mol. The fourth-order valence-electron chi connectivity index (χ4n) is 5.50. The van der Waals surface area contributed by atoms with Gasteiger partial charge in [-0.15, -0.1) is 0 Å². The van der Waals surface area contributed by atoms with Crippen LogP contribution in [-0.2, 0) is 11.8 Å². The van der Waals surface area contributed by atoms with Crippen molar-refractivity contribution in [3.63, 3.8) is 0 Å². The van der Waals surface area contributed by atoms with E-state index < -0.39 is 5.82 Å². The van der Waals surface area contributed by atoms with Crippen LogP contribution in [0, 0.1) is 23.6 Å². The van der Waals surface area contributed by atoms with Crippen LogP contribution in [0.25, 0.3) is 22.2 Å². The lowest BCUT2D eigenvalue weighted by molar-refractivity contribution is -0.127. The molecule has 2 saturated heterocycles. The average Bonchev–Trinajstić information content (AvgIpc) is 3.49. The van der Waals surface area contributed by atoms with Crippen LogP contribution in [0.4, 0.5) is 10.2 Å². The Morgan fingerprint density at radius 1 is 1.22 bits per heavy atom. The molecule has 2 N–H and O–H groups in total. The molecule has 1 amide bonds. The minimum atomic E-state index is -0.484. The van der Waals surface area contributed by atoms with Crippen LogP contribution < -0.4 is 15.2 Å². The van der Waals surface area contributed by atoms with Gasteiger partial charge in [0.1, 0.15) is 23.5 Å². The SMILES string of the molecule is C=CC(=O)N1CCC(N2CC(C#Cc3c(-c4ccc(F)c5c4OCO5)c4c(N)ncnc4n3C)C2)CC1. The summed E-state index contributed by atoms with van der Waals surface area (Å²) in [5.41, 5.74) is 8.98. The Kier molecular flexibility index (Phi) is 5.72. The number of likely N-dealkylation sites (tertiary alicyclic amines) is 2. The zero-order valence-electron chi connectivity index (χ0n) is 20.5. The predicted octanol–water partition coefficient (Wildman–Crippen LogP) is 2.55. The van der Waals surface area contributed by atoms with Crippen LogP contribution in [-0.4, -0.2) is 69.3 Å². The first kappa shape index (κ1) is 23.3. The second-order valence-electron chi connectivity index (χ2n) is 9.58.